The van der Waals surface area contributed by atoms with Crippen LogP contribution in [0, 0.1) is 0 Å². The summed E-state index contributed by atoms with van der Waals surface area (Å²) in [4.78, 5) is 57.0. The standard InChI is InChI=1S/C16H14F3N5O6S2/c1-5-3-7(13(27)28)24-11(26)9(12(24)32-5)21-10(25)8(23-30-2)6-4-31-15(20-6)22-14(29)16(17,18)19/h3-5,9,12H,1-2H3,(H,21,25)(H,27,28)(H,20,22,29)/t5?,9?,12-/m0/s1. The first kappa shape index (κ1) is 23.5. The van der Waals surface area contributed by atoms with Crippen LogP contribution in [-0.2, 0) is 24.0 Å². The molecule has 11 nitrogen and oxygen atoms in total. The number of hydrogen-bond acceptors (Lipinski definition) is 9. The molecule has 172 valence electrons. The molecule has 3 heterocycles. The van der Waals surface area contributed by atoms with E-state index in [9.17, 15) is 37.5 Å². The lowest BCUT2D eigenvalue weighted by atomic mass is 10.0. The Bertz CT molecular complexity index is 1040. The van der Waals surface area contributed by atoms with Gasteiger partial charge in [-0.1, -0.05) is 5.16 Å². The van der Waals surface area contributed by atoms with Crippen molar-refractivity contribution in [3.05, 3.63) is 22.8 Å². The van der Waals surface area contributed by atoms with Crippen LogP contribution in [0.25, 0.3) is 0 Å². The maximum atomic E-state index is 12.7. The molecule has 1 fully saturated rings. The summed E-state index contributed by atoms with van der Waals surface area (Å²) in [6.07, 6.45) is -3.70. The normalized spacial score (nSPS) is 23.0. The number of aliphatic carboxylic acids is 1. The number of anilines is 1. The van der Waals surface area contributed by atoms with E-state index < -0.39 is 52.1 Å². The minimum Gasteiger partial charge on any atom is -0.477 e. The van der Waals surface area contributed by atoms with Gasteiger partial charge in [-0.3, -0.25) is 24.6 Å². The Kier molecular flexibility index (Phi) is 6.45. The molecular weight excluding hydrogens is 479 g/mol. The average molecular weight is 493 g/mol. The van der Waals surface area contributed by atoms with E-state index in [1.807, 2.05) is 0 Å². The van der Waals surface area contributed by atoms with Crippen LogP contribution < -0.4 is 10.6 Å². The number of halogens is 3. The van der Waals surface area contributed by atoms with E-state index >= 15 is 0 Å². The first-order valence-electron chi connectivity index (χ1n) is 8.63. The molecule has 3 N–H and O–H groups in total. The second-order valence-corrected chi connectivity index (χ2v) is 8.72. The van der Waals surface area contributed by atoms with Gasteiger partial charge in [0.05, 0.1) is 0 Å². The quantitative estimate of drug-likeness (QED) is 0.299. The molecule has 0 aliphatic carbocycles. The Morgan fingerprint density at radius 2 is 2.03 bits per heavy atom. The minimum atomic E-state index is -5.12. The first-order valence-corrected chi connectivity index (χ1v) is 10.5. The van der Waals surface area contributed by atoms with Crippen molar-refractivity contribution < 1.29 is 42.3 Å². The van der Waals surface area contributed by atoms with Gasteiger partial charge in [-0.05, 0) is 13.0 Å². The van der Waals surface area contributed by atoms with Crippen molar-refractivity contribution in [3.8, 4) is 0 Å². The smallest absolute Gasteiger partial charge is 0.471 e. The predicted molar refractivity (Wildman–Crippen MR) is 106 cm³/mol. The van der Waals surface area contributed by atoms with E-state index in [-0.39, 0.29) is 16.6 Å². The van der Waals surface area contributed by atoms with Crippen molar-refractivity contribution in [2.75, 3.05) is 12.4 Å². The number of thiazole rings is 1. The summed E-state index contributed by atoms with van der Waals surface area (Å²) in [6, 6.07) is -1.07. The number of carboxylic acid groups (broad SMARTS) is 1. The second-order valence-electron chi connectivity index (χ2n) is 6.36. The fraction of sp³-hybridized carbons (Fsp3) is 0.375. The largest absolute Gasteiger partial charge is 0.477 e. The molecule has 3 atom stereocenters. The zero-order valence-electron chi connectivity index (χ0n) is 16.2. The lowest BCUT2D eigenvalue weighted by molar-refractivity contribution is -0.167. The number of amides is 3. The minimum absolute atomic E-state index is 0.188. The number of carbonyl (C=O) groups excluding carboxylic acids is 3. The van der Waals surface area contributed by atoms with Gasteiger partial charge in [0.2, 0.25) is 0 Å². The van der Waals surface area contributed by atoms with Crippen LogP contribution in [0.2, 0.25) is 0 Å². The molecule has 1 aromatic rings. The molecule has 0 aromatic carbocycles. The number of rotatable bonds is 6. The van der Waals surface area contributed by atoms with Gasteiger partial charge in [-0.15, -0.1) is 23.1 Å². The number of carboxylic acids is 1. The third-order valence-corrected chi connectivity index (χ3v) is 6.26. The summed E-state index contributed by atoms with van der Waals surface area (Å²) in [5.41, 5.74) is -0.844. The van der Waals surface area contributed by atoms with Crippen LogP contribution in [0.1, 0.15) is 12.6 Å². The van der Waals surface area contributed by atoms with Gasteiger partial charge in [0.1, 0.15) is 29.9 Å². The van der Waals surface area contributed by atoms with E-state index in [1.54, 1.807) is 12.2 Å². The molecule has 0 saturated carbocycles. The van der Waals surface area contributed by atoms with E-state index in [1.165, 1.54) is 23.2 Å². The summed E-state index contributed by atoms with van der Waals surface area (Å²) < 4.78 is 37.2. The number of carbonyl (C=O) groups is 4. The third-order valence-electron chi connectivity index (χ3n) is 4.18. The maximum absolute atomic E-state index is 12.7. The van der Waals surface area contributed by atoms with Gasteiger partial charge in [-0.2, -0.15) is 13.2 Å². The van der Waals surface area contributed by atoms with Crippen molar-refractivity contribution in [1.29, 1.82) is 0 Å². The number of fused-ring (bicyclic) bond motifs is 1. The Hall–Kier alpha value is -3.14. The lowest BCUT2D eigenvalue weighted by Crippen LogP contribution is -2.71. The average Bonchev–Trinajstić information content (AvgIpc) is 3.16. The molecule has 2 unspecified atom stereocenters. The monoisotopic (exact) mass is 493 g/mol. The van der Waals surface area contributed by atoms with Crippen molar-refractivity contribution in [2.24, 2.45) is 5.16 Å². The molecule has 32 heavy (non-hydrogen) atoms. The number of nitrogens with one attached hydrogen (secondary N) is 2. The van der Waals surface area contributed by atoms with E-state index in [0.717, 1.165) is 12.0 Å². The van der Waals surface area contributed by atoms with Crippen molar-refractivity contribution >= 4 is 57.6 Å². The molecule has 2 aliphatic heterocycles. The zero-order chi connectivity index (χ0) is 23.8. The second kappa shape index (κ2) is 8.78. The Morgan fingerprint density at radius 1 is 1.34 bits per heavy atom. The Morgan fingerprint density at radius 3 is 2.62 bits per heavy atom. The first-order chi connectivity index (χ1) is 14.9. The van der Waals surface area contributed by atoms with Gasteiger partial charge in [-0.25, -0.2) is 9.78 Å². The summed E-state index contributed by atoms with van der Waals surface area (Å²) in [7, 11) is 1.12. The highest BCUT2D eigenvalue weighted by atomic mass is 32.2. The molecule has 2 aliphatic rings. The number of oxime groups is 1. The fourth-order valence-electron chi connectivity index (χ4n) is 2.84. The highest BCUT2D eigenvalue weighted by Gasteiger charge is 2.54. The van der Waals surface area contributed by atoms with Crippen LogP contribution in [0.5, 0.6) is 0 Å². The molecule has 0 radical (unpaired) electrons. The molecule has 3 amide bonds. The van der Waals surface area contributed by atoms with E-state index in [4.69, 9.17) is 0 Å². The third kappa shape index (κ3) is 4.55. The zero-order valence-corrected chi connectivity index (χ0v) is 17.8. The van der Waals surface area contributed by atoms with E-state index in [2.05, 4.69) is 20.3 Å². The summed E-state index contributed by atoms with van der Waals surface area (Å²) in [5, 5.41) is 16.6. The molecule has 0 bridgehead atoms. The summed E-state index contributed by atoms with van der Waals surface area (Å²) in [6.45, 7) is 1.73. The topological polar surface area (TPSA) is 150 Å². The van der Waals surface area contributed by atoms with Crippen molar-refractivity contribution in [3.63, 3.8) is 0 Å². The number of alkyl halides is 3. The molecule has 1 saturated heterocycles. The fourth-order valence-corrected chi connectivity index (χ4v) is 4.86. The highest BCUT2D eigenvalue weighted by molar-refractivity contribution is 8.00. The Balaban J connectivity index is 1.74. The maximum Gasteiger partial charge on any atom is 0.471 e. The molecule has 3 rings (SSSR count). The van der Waals surface area contributed by atoms with Crippen LogP contribution in [0.15, 0.2) is 22.3 Å². The van der Waals surface area contributed by atoms with Crippen molar-refractivity contribution in [2.45, 2.75) is 29.8 Å². The van der Waals surface area contributed by atoms with Crippen LogP contribution in [0.3, 0.4) is 0 Å². The lowest BCUT2D eigenvalue weighted by Gasteiger charge is -2.49. The van der Waals surface area contributed by atoms with Crippen LogP contribution in [-0.4, -0.2) is 74.3 Å². The number of thioether (sulfide) groups is 1. The van der Waals surface area contributed by atoms with Crippen LogP contribution in [0.4, 0.5) is 18.3 Å². The number of aromatic nitrogens is 1. The predicted octanol–water partition coefficient (Wildman–Crippen LogP) is 0.751. The Labute approximate surface area is 185 Å². The van der Waals surface area contributed by atoms with Gasteiger partial charge in [0, 0.05) is 10.6 Å². The summed E-state index contributed by atoms with van der Waals surface area (Å²) >= 11 is 1.87. The van der Waals surface area contributed by atoms with Crippen molar-refractivity contribution in [1.82, 2.24) is 15.2 Å². The van der Waals surface area contributed by atoms with Crippen LogP contribution >= 0.6 is 23.1 Å². The van der Waals surface area contributed by atoms with Gasteiger partial charge in [0.25, 0.3) is 11.8 Å². The highest BCUT2D eigenvalue weighted by Crippen LogP contribution is 2.40. The number of β-lactam (4-membered cyclic amide) rings is 1. The molecule has 16 heteroatoms. The van der Waals surface area contributed by atoms with Gasteiger partial charge >= 0.3 is 18.1 Å². The number of hydrogen-bond donors (Lipinski definition) is 3. The summed E-state index contributed by atoms with van der Waals surface area (Å²) in [5.74, 6) is -5.09. The molecule has 1 aromatic heterocycles. The van der Waals surface area contributed by atoms with Gasteiger partial charge in [0.15, 0.2) is 10.8 Å². The van der Waals surface area contributed by atoms with E-state index in [0.29, 0.717) is 11.3 Å². The number of nitrogens with zero attached hydrogens (tertiary/aromatic N) is 3. The molecule has 0 spiro atoms. The molecular formula is C16H14F3N5O6S2. The van der Waals surface area contributed by atoms with Gasteiger partial charge < -0.3 is 15.3 Å². The SMILES string of the molecule is CON=C(C(=O)NC1C(=O)N2C(C(=O)O)=CC(C)S[C@@H]12)c1csc(NC(=O)C(F)(F)F)n1.